The Morgan fingerprint density at radius 3 is 2.86 bits per heavy atom. The van der Waals surface area contributed by atoms with Crippen LogP contribution in [0.1, 0.15) is 18.1 Å². The first-order chi connectivity index (χ1) is 6.69. The van der Waals surface area contributed by atoms with Crippen LogP contribution >= 0.6 is 11.6 Å². The largest absolute Gasteiger partial charge is 0.497 e. The Labute approximate surface area is 88.4 Å². The van der Waals surface area contributed by atoms with Crippen LogP contribution in [0, 0.1) is 0 Å². The molecule has 1 aromatic rings. The molecule has 0 fully saturated rings. The normalized spacial score (nSPS) is 12.6. The number of aliphatic hydroxyl groups excluding tert-OH is 1. The molecule has 0 aliphatic heterocycles. The quantitative estimate of drug-likeness (QED) is 0.805. The maximum atomic E-state index is 9.70. The third-order valence-corrected chi connectivity index (χ3v) is 2.35. The Balaban J connectivity index is 2.93. The number of methoxy groups -OCH3 is 1. The number of rotatable bonds is 4. The molecule has 1 atom stereocenters. The van der Waals surface area contributed by atoms with Gasteiger partial charge in [0.15, 0.2) is 0 Å². The monoisotopic (exact) mass is 215 g/mol. The van der Waals surface area contributed by atoms with Crippen LogP contribution in [0.15, 0.2) is 18.2 Å². The summed E-state index contributed by atoms with van der Waals surface area (Å²) in [6.45, 7) is 0.425. The highest BCUT2D eigenvalue weighted by Gasteiger charge is 2.11. The van der Waals surface area contributed by atoms with Gasteiger partial charge in [-0.1, -0.05) is 11.6 Å². The van der Waals surface area contributed by atoms with Gasteiger partial charge in [-0.3, -0.25) is 0 Å². The standard InChI is InChI=1S/C10H14ClNO2/c1-14-7-2-3-9(11)8(6-7)10(13)4-5-12/h2-3,6,10,13H,4-5,12H2,1H3. The van der Waals surface area contributed by atoms with Crippen molar-refractivity contribution in [3.05, 3.63) is 28.8 Å². The fourth-order valence-corrected chi connectivity index (χ4v) is 1.46. The van der Waals surface area contributed by atoms with Crippen molar-refractivity contribution in [3.63, 3.8) is 0 Å². The van der Waals surface area contributed by atoms with Crippen LogP contribution in [-0.2, 0) is 0 Å². The molecular formula is C10H14ClNO2. The fraction of sp³-hybridized carbons (Fsp3) is 0.400. The lowest BCUT2D eigenvalue weighted by Gasteiger charge is -2.12. The van der Waals surface area contributed by atoms with Crippen LogP contribution in [0.2, 0.25) is 5.02 Å². The van der Waals surface area contributed by atoms with Crippen LogP contribution in [-0.4, -0.2) is 18.8 Å². The zero-order valence-corrected chi connectivity index (χ0v) is 8.79. The second-order valence-corrected chi connectivity index (χ2v) is 3.39. The third-order valence-electron chi connectivity index (χ3n) is 2.00. The number of aliphatic hydroxyl groups is 1. The molecule has 78 valence electrons. The fourth-order valence-electron chi connectivity index (χ4n) is 1.22. The van der Waals surface area contributed by atoms with E-state index in [2.05, 4.69) is 0 Å². The summed E-state index contributed by atoms with van der Waals surface area (Å²) < 4.78 is 5.04. The second kappa shape index (κ2) is 5.20. The van der Waals surface area contributed by atoms with Crippen molar-refractivity contribution in [2.75, 3.05) is 13.7 Å². The van der Waals surface area contributed by atoms with E-state index in [-0.39, 0.29) is 0 Å². The van der Waals surface area contributed by atoms with E-state index < -0.39 is 6.10 Å². The predicted molar refractivity (Wildman–Crippen MR) is 56.6 cm³/mol. The van der Waals surface area contributed by atoms with Crippen LogP contribution in [0.3, 0.4) is 0 Å². The van der Waals surface area contributed by atoms with Gasteiger partial charge in [-0.15, -0.1) is 0 Å². The van der Waals surface area contributed by atoms with E-state index in [0.29, 0.717) is 29.3 Å². The van der Waals surface area contributed by atoms with E-state index in [1.54, 1.807) is 25.3 Å². The van der Waals surface area contributed by atoms with E-state index in [4.69, 9.17) is 22.1 Å². The van der Waals surface area contributed by atoms with E-state index in [0.717, 1.165) is 0 Å². The molecule has 0 radical (unpaired) electrons. The Morgan fingerprint density at radius 2 is 2.29 bits per heavy atom. The lowest BCUT2D eigenvalue weighted by Crippen LogP contribution is -2.07. The van der Waals surface area contributed by atoms with Gasteiger partial charge in [-0.25, -0.2) is 0 Å². The molecule has 3 N–H and O–H groups in total. The number of nitrogens with two attached hydrogens (primary N) is 1. The number of benzene rings is 1. The maximum absolute atomic E-state index is 9.70. The Morgan fingerprint density at radius 1 is 1.57 bits per heavy atom. The highest BCUT2D eigenvalue weighted by molar-refractivity contribution is 6.31. The van der Waals surface area contributed by atoms with Crippen LogP contribution in [0.25, 0.3) is 0 Å². The number of hydrogen-bond acceptors (Lipinski definition) is 3. The number of ether oxygens (including phenoxy) is 1. The Hall–Kier alpha value is -0.770. The van der Waals surface area contributed by atoms with Gasteiger partial charge in [0.1, 0.15) is 5.75 Å². The Kier molecular flexibility index (Phi) is 4.20. The van der Waals surface area contributed by atoms with Crippen molar-refractivity contribution >= 4 is 11.6 Å². The van der Waals surface area contributed by atoms with Crippen molar-refractivity contribution in [1.29, 1.82) is 0 Å². The first-order valence-electron chi connectivity index (χ1n) is 4.40. The molecule has 0 aliphatic carbocycles. The molecule has 14 heavy (non-hydrogen) atoms. The number of halogens is 1. The summed E-state index contributed by atoms with van der Waals surface area (Å²) in [5.74, 6) is 0.681. The molecule has 0 amide bonds. The summed E-state index contributed by atoms with van der Waals surface area (Å²) in [5, 5.41) is 10.2. The van der Waals surface area contributed by atoms with Crippen LogP contribution in [0.5, 0.6) is 5.75 Å². The first kappa shape index (κ1) is 11.3. The van der Waals surface area contributed by atoms with Crippen molar-refractivity contribution in [1.82, 2.24) is 0 Å². The molecule has 1 unspecified atom stereocenters. The molecule has 3 nitrogen and oxygen atoms in total. The smallest absolute Gasteiger partial charge is 0.119 e. The predicted octanol–water partition coefficient (Wildman–Crippen LogP) is 1.73. The molecule has 4 heteroatoms. The summed E-state index contributed by atoms with van der Waals surface area (Å²) in [7, 11) is 1.57. The summed E-state index contributed by atoms with van der Waals surface area (Å²) >= 11 is 5.93. The van der Waals surface area contributed by atoms with Gasteiger partial charge in [0.2, 0.25) is 0 Å². The zero-order chi connectivity index (χ0) is 10.6. The second-order valence-electron chi connectivity index (χ2n) is 2.98. The minimum atomic E-state index is -0.623. The molecule has 0 aliphatic rings. The summed E-state index contributed by atoms with van der Waals surface area (Å²) in [6, 6.07) is 5.18. The van der Waals surface area contributed by atoms with Gasteiger partial charge in [0.25, 0.3) is 0 Å². The van der Waals surface area contributed by atoms with Gasteiger partial charge < -0.3 is 15.6 Å². The van der Waals surface area contributed by atoms with Crippen molar-refractivity contribution < 1.29 is 9.84 Å². The molecule has 0 heterocycles. The average molecular weight is 216 g/mol. The average Bonchev–Trinajstić information content (AvgIpc) is 2.19. The molecule has 0 spiro atoms. The topological polar surface area (TPSA) is 55.5 Å². The molecule has 0 aromatic heterocycles. The van der Waals surface area contributed by atoms with E-state index in [9.17, 15) is 5.11 Å². The molecule has 0 saturated heterocycles. The third kappa shape index (κ3) is 2.61. The maximum Gasteiger partial charge on any atom is 0.119 e. The first-order valence-corrected chi connectivity index (χ1v) is 4.78. The van der Waals surface area contributed by atoms with Gasteiger partial charge in [0, 0.05) is 10.6 Å². The molecular weight excluding hydrogens is 202 g/mol. The number of hydrogen-bond donors (Lipinski definition) is 2. The van der Waals surface area contributed by atoms with Crippen LogP contribution < -0.4 is 10.5 Å². The Bertz CT molecular complexity index is 304. The molecule has 1 aromatic carbocycles. The summed E-state index contributed by atoms with van der Waals surface area (Å²) in [5.41, 5.74) is 6.02. The lowest BCUT2D eigenvalue weighted by atomic mass is 10.1. The highest BCUT2D eigenvalue weighted by Crippen LogP contribution is 2.28. The lowest BCUT2D eigenvalue weighted by molar-refractivity contribution is 0.170. The molecule has 0 bridgehead atoms. The van der Waals surface area contributed by atoms with E-state index >= 15 is 0 Å². The van der Waals surface area contributed by atoms with E-state index in [1.165, 1.54) is 0 Å². The SMILES string of the molecule is COc1ccc(Cl)c(C(O)CCN)c1. The minimum absolute atomic E-state index is 0.425. The van der Waals surface area contributed by atoms with Gasteiger partial charge in [-0.2, -0.15) is 0 Å². The zero-order valence-electron chi connectivity index (χ0n) is 8.03. The molecule has 0 saturated carbocycles. The van der Waals surface area contributed by atoms with Crippen molar-refractivity contribution in [2.24, 2.45) is 5.73 Å². The summed E-state index contributed by atoms with van der Waals surface area (Å²) in [4.78, 5) is 0. The molecule has 1 rings (SSSR count). The van der Waals surface area contributed by atoms with Crippen molar-refractivity contribution in [2.45, 2.75) is 12.5 Å². The van der Waals surface area contributed by atoms with Gasteiger partial charge in [-0.05, 0) is 31.2 Å². The highest BCUT2D eigenvalue weighted by atomic mass is 35.5. The van der Waals surface area contributed by atoms with E-state index in [1.807, 2.05) is 0 Å². The van der Waals surface area contributed by atoms with Gasteiger partial charge >= 0.3 is 0 Å². The van der Waals surface area contributed by atoms with Crippen LogP contribution in [0.4, 0.5) is 0 Å². The summed E-state index contributed by atoms with van der Waals surface area (Å²) in [6.07, 6.45) is -0.130. The van der Waals surface area contributed by atoms with Crippen molar-refractivity contribution in [3.8, 4) is 5.75 Å². The minimum Gasteiger partial charge on any atom is -0.497 e. The van der Waals surface area contributed by atoms with Gasteiger partial charge in [0.05, 0.1) is 13.2 Å².